The average Bonchev–Trinajstić information content (AvgIpc) is 2.49. The van der Waals surface area contributed by atoms with Gasteiger partial charge in [-0.2, -0.15) is 4.91 Å². The van der Waals surface area contributed by atoms with Crippen LogP contribution in [-0.2, 0) is 13.1 Å². The highest BCUT2D eigenvalue weighted by Crippen LogP contribution is 2.10. The average molecular weight is 269 g/mol. The number of pyridine rings is 1. The van der Waals surface area contributed by atoms with Crippen LogP contribution in [0.3, 0.4) is 0 Å². The van der Waals surface area contributed by atoms with Crippen LogP contribution in [-0.4, -0.2) is 22.5 Å². The van der Waals surface area contributed by atoms with Gasteiger partial charge in [0.15, 0.2) is 0 Å². The van der Waals surface area contributed by atoms with E-state index in [9.17, 15) is 4.91 Å². The van der Waals surface area contributed by atoms with Crippen molar-refractivity contribution in [3.63, 3.8) is 0 Å². The third-order valence-corrected chi connectivity index (χ3v) is 3.06. The second-order valence-electron chi connectivity index (χ2n) is 4.93. The van der Waals surface area contributed by atoms with E-state index in [2.05, 4.69) is 27.2 Å². The van der Waals surface area contributed by atoms with E-state index in [1.54, 1.807) is 6.20 Å². The Morgan fingerprint density at radius 2 is 1.85 bits per heavy atom. The molecule has 0 aliphatic carbocycles. The van der Waals surface area contributed by atoms with E-state index in [0.29, 0.717) is 6.54 Å². The maximum absolute atomic E-state index is 10.7. The molecular weight excluding hydrogens is 250 g/mol. The maximum Gasteiger partial charge on any atom is 0.102 e. The molecule has 0 bridgehead atoms. The summed E-state index contributed by atoms with van der Waals surface area (Å²) in [4.78, 5) is 17.2. The quantitative estimate of drug-likeness (QED) is 0.725. The lowest BCUT2D eigenvalue weighted by Gasteiger charge is -2.23. The lowest BCUT2D eigenvalue weighted by molar-refractivity contribution is 0.242. The molecule has 4 nitrogen and oxygen atoms in total. The molecular formula is C16H19N3O. The lowest BCUT2D eigenvalue weighted by Crippen LogP contribution is -2.29. The first-order chi connectivity index (χ1) is 9.78. The predicted octanol–water partition coefficient (Wildman–Crippen LogP) is 3.24. The Hall–Kier alpha value is -2.07. The van der Waals surface area contributed by atoms with Gasteiger partial charge in [0.2, 0.25) is 0 Å². The summed E-state index contributed by atoms with van der Waals surface area (Å²) in [6.07, 6.45) is 1.79. The molecule has 104 valence electrons. The van der Waals surface area contributed by atoms with Crippen molar-refractivity contribution in [3.8, 4) is 0 Å². The summed E-state index contributed by atoms with van der Waals surface area (Å²) in [5, 5.41) is 3.10. The van der Waals surface area contributed by atoms with E-state index >= 15 is 0 Å². The molecule has 20 heavy (non-hydrogen) atoms. The fraction of sp³-hybridized carbons (Fsp3) is 0.312. The van der Waals surface area contributed by atoms with Crippen LogP contribution in [0.5, 0.6) is 0 Å². The summed E-state index contributed by atoms with van der Waals surface area (Å²) in [6, 6.07) is 15.9. The van der Waals surface area contributed by atoms with Crippen LogP contribution < -0.4 is 0 Å². The smallest absolute Gasteiger partial charge is 0.102 e. The highest BCUT2D eigenvalue weighted by molar-refractivity contribution is 5.15. The fourth-order valence-corrected chi connectivity index (χ4v) is 2.15. The Labute approximate surface area is 119 Å². The van der Waals surface area contributed by atoms with Crippen LogP contribution in [0.25, 0.3) is 0 Å². The van der Waals surface area contributed by atoms with Crippen molar-refractivity contribution in [1.82, 2.24) is 9.88 Å². The van der Waals surface area contributed by atoms with Crippen molar-refractivity contribution in [2.24, 2.45) is 5.18 Å². The normalized spacial score (nSPS) is 12.3. The molecule has 0 saturated heterocycles. The SMILES string of the molecule is CC(CN(Cc1ccccc1)Cc1ccccn1)N=O. The molecule has 1 aromatic carbocycles. The number of hydrogen-bond acceptors (Lipinski definition) is 4. The number of hydrogen-bond donors (Lipinski definition) is 0. The first kappa shape index (κ1) is 14.3. The zero-order valence-electron chi connectivity index (χ0n) is 11.6. The molecule has 1 heterocycles. The van der Waals surface area contributed by atoms with Gasteiger partial charge < -0.3 is 0 Å². The molecule has 2 aromatic rings. The van der Waals surface area contributed by atoms with Gasteiger partial charge in [0, 0.05) is 25.8 Å². The van der Waals surface area contributed by atoms with Crippen molar-refractivity contribution in [2.45, 2.75) is 26.1 Å². The summed E-state index contributed by atoms with van der Waals surface area (Å²) < 4.78 is 0. The van der Waals surface area contributed by atoms with Crippen LogP contribution in [0.4, 0.5) is 0 Å². The van der Waals surface area contributed by atoms with E-state index < -0.39 is 0 Å². The van der Waals surface area contributed by atoms with Gasteiger partial charge in [-0.15, -0.1) is 0 Å². The van der Waals surface area contributed by atoms with E-state index in [4.69, 9.17) is 0 Å². The minimum Gasteiger partial charge on any atom is -0.291 e. The van der Waals surface area contributed by atoms with Crippen molar-refractivity contribution in [1.29, 1.82) is 0 Å². The second-order valence-corrected chi connectivity index (χ2v) is 4.93. The summed E-state index contributed by atoms with van der Waals surface area (Å²) in [5.41, 5.74) is 2.23. The van der Waals surface area contributed by atoms with Gasteiger partial charge in [-0.3, -0.25) is 9.88 Å². The van der Waals surface area contributed by atoms with Gasteiger partial charge in [0.1, 0.15) is 6.04 Å². The molecule has 0 radical (unpaired) electrons. The Morgan fingerprint density at radius 3 is 2.50 bits per heavy atom. The van der Waals surface area contributed by atoms with Crippen molar-refractivity contribution in [3.05, 3.63) is 70.9 Å². The standard InChI is InChI=1S/C16H19N3O/c1-14(18-20)11-19(12-15-7-3-2-4-8-15)13-16-9-5-6-10-17-16/h2-10,14H,11-13H2,1H3. The molecule has 4 heteroatoms. The summed E-state index contributed by atoms with van der Waals surface area (Å²) in [7, 11) is 0. The number of nitroso groups, excluding NO2 is 1. The van der Waals surface area contributed by atoms with E-state index in [1.807, 2.05) is 43.3 Å². The Bertz CT molecular complexity index is 474. The largest absolute Gasteiger partial charge is 0.291 e. The molecule has 1 unspecified atom stereocenters. The first-order valence-electron chi connectivity index (χ1n) is 6.76. The van der Waals surface area contributed by atoms with Crippen LogP contribution in [0.15, 0.2) is 59.9 Å². The zero-order valence-corrected chi connectivity index (χ0v) is 11.6. The van der Waals surface area contributed by atoms with Gasteiger partial charge in [0.25, 0.3) is 0 Å². The molecule has 0 spiro atoms. The topological polar surface area (TPSA) is 45.6 Å². The summed E-state index contributed by atoms with van der Waals surface area (Å²) in [5.74, 6) is 0. The molecule has 0 N–H and O–H groups in total. The maximum atomic E-state index is 10.7. The Balaban J connectivity index is 2.06. The van der Waals surface area contributed by atoms with E-state index in [0.717, 1.165) is 18.8 Å². The van der Waals surface area contributed by atoms with Gasteiger partial charge in [0.05, 0.1) is 5.69 Å². The van der Waals surface area contributed by atoms with Crippen molar-refractivity contribution in [2.75, 3.05) is 6.54 Å². The fourth-order valence-electron chi connectivity index (χ4n) is 2.15. The van der Waals surface area contributed by atoms with Gasteiger partial charge in [-0.05, 0) is 24.6 Å². The minimum atomic E-state index is -0.220. The predicted molar refractivity (Wildman–Crippen MR) is 80.1 cm³/mol. The second kappa shape index (κ2) is 7.50. The number of aromatic nitrogens is 1. The van der Waals surface area contributed by atoms with Gasteiger partial charge >= 0.3 is 0 Å². The zero-order chi connectivity index (χ0) is 14.2. The molecule has 1 aromatic heterocycles. The monoisotopic (exact) mass is 269 g/mol. The molecule has 0 aliphatic heterocycles. The number of benzene rings is 1. The number of rotatable bonds is 7. The molecule has 0 saturated carbocycles. The first-order valence-corrected chi connectivity index (χ1v) is 6.76. The summed E-state index contributed by atoms with van der Waals surface area (Å²) in [6.45, 7) is 3.98. The molecule has 2 rings (SSSR count). The lowest BCUT2D eigenvalue weighted by atomic mass is 10.2. The van der Waals surface area contributed by atoms with Crippen molar-refractivity contribution >= 4 is 0 Å². The van der Waals surface area contributed by atoms with Gasteiger partial charge in [-0.25, -0.2) is 0 Å². The van der Waals surface area contributed by atoms with Crippen molar-refractivity contribution < 1.29 is 0 Å². The number of nitrogens with zero attached hydrogens (tertiary/aromatic N) is 3. The van der Waals surface area contributed by atoms with Crippen LogP contribution in [0, 0.1) is 4.91 Å². The Kier molecular flexibility index (Phi) is 5.38. The highest BCUT2D eigenvalue weighted by atomic mass is 16.3. The molecule has 0 fully saturated rings. The third kappa shape index (κ3) is 4.55. The minimum absolute atomic E-state index is 0.220. The van der Waals surface area contributed by atoms with Crippen LogP contribution in [0.1, 0.15) is 18.2 Å². The van der Waals surface area contributed by atoms with Gasteiger partial charge in [-0.1, -0.05) is 41.6 Å². The third-order valence-electron chi connectivity index (χ3n) is 3.06. The summed E-state index contributed by atoms with van der Waals surface area (Å²) >= 11 is 0. The molecule has 1 atom stereocenters. The highest BCUT2D eigenvalue weighted by Gasteiger charge is 2.12. The van der Waals surface area contributed by atoms with Crippen LogP contribution in [0.2, 0.25) is 0 Å². The Morgan fingerprint density at radius 1 is 1.10 bits per heavy atom. The van der Waals surface area contributed by atoms with E-state index in [1.165, 1.54) is 5.56 Å². The molecule has 0 aliphatic rings. The molecule has 0 amide bonds. The van der Waals surface area contributed by atoms with E-state index in [-0.39, 0.29) is 6.04 Å². The van der Waals surface area contributed by atoms with Crippen LogP contribution >= 0.6 is 0 Å².